The summed E-state index contributed by atoms with van der Waals surface area (Å²) >= 11 is 0. The molecule has 0 aliphatic heterocycles. The van der Waals surface area contributed by atoms with Crippen LogP contribution in [0.4, 0.5) is 61.5 Å². The zero-order chi connectivity index (χ0) is 27.1. The topological polar surface area (TPSA) is 66.4 Å². The molecule has 0 saturated carbocycles. The molecule has 0 amide bonds. The standard InChI is InChI=1S/C12H12F14O3S.C2H7N/c13-1(2(14)4(16)6(18)8(20)10(22)23)3(15)5(17)7(19)9(21)12(25,26)11(24)30(27,28)29;1-3-2/h1-11H,(H,27,28,29);3H,1-2H3. The normalized spacial score (nSPS) is 22.1. The Balaban J connectivity index is 0. The molecule has 33 heavy (non-hydrogen) atoms. The first-order chi connectivity index (χ1) is 14.7. The fraction of sp³-hybridized carbons (Fsp3) is 1.00. The smallest absolute Gasteiger partial charge is 0.323 e. The van der Waals surface area contributed by atoms with Crippen LogP contribution in [0.15, 0.2) is 0 Å². The fourth-order valence-corrected chi connectivity index (χ4v) is 2.42. The van der Waals surface area contributed by atoms with Gasteiger partial charge < -0.3 is 5.32 Å². The van der Waals surface area contributed by atoms with Gasteiger partial charge in [0.15, 0.2) is 49.4 Å². The van der Waals surface area contributed by atoms with E-state index in [1.165, 1.54) is 0 Å². The highest BCUT2D eigenvalue weighted by atomic mass is 32.2. The molecule has 0 fully saturated rings. The Labute approximate surface area is 178 Å². The Morgan fingerprint density at radius 3 is 1.09 bits per heavy atom. The molecule has 0 radical (unpaired) electrons. The summed E-state index contributed by atoms with van der Waals surface area (Å²) in [7, 11) is -2.66. The van der Waals surface area contributed by atoms with Crippen LogP contribution in [-0.4, -0.2) is 100 Å². The first kappa shape index (κ1) is 34.1. The predicted molar refractivity (Wildman–Crippen MR) is 86.4 cm³/mol. The van der Waals surface area contributed by atoms with Crippen molar-refractivity contribution in [1.82, 2.24) is 5.32 Å². The van der Waals surface area contributed by atoms with Gasteiger partial charge in [-0.25, -0.2) is 52.7 Å². The molecule has 0 spiro atoms. The SMILES string of the molecule is CNC.O=S(=O)(O)C(F)C(F)(F)C(F)C(F)C(F)C(F)C(F)C(F)C(F)C(F)C(F)C(F)F. The van der Waals surface area contributed by atoms with Crippen molar-refractivity contribution >= 4 is 10.1 Å². The number of hydrogen-bond acceptors (Lipinski definition) is 3. The molecule has 0 rings (SSSR count). The zero-order valence-electron chi connectivity index (χ0n) is 16.3. The molecule has 2 N–H and O–H groups in total. The molecule has 0 aromatic heterocycles. The summed E-state index contributed by atoms with van der Waals surface area (Å²) in [6, 6.07) is 0. The summed E-state index contributed by atoms with van der Waals surface area (Å²) in [4.78, 5) is 0. The van der Waals surface area contributed by atoms with E-state index in [-0.39, 0.29) is 0 Å². The van der Waals surface area contributed by atoms with Crippen LogP contribution in [0.25, 0.3) is 0 Å². The molecule has 0 heterocycles. The minimum Gasteiger partial charge on any atom is -0.323 e. The molecule has 0 aromatic rings. The fourth-order valence-electron chi connectivity index (χ4n) is 1.89. The van der Waals surface area contributed by atoms with Crippen molar-refractivity contribution in [2.45, 2.75) is 73.4 Å². The molecule has 19 heteroatoms. The maximum atomic E-state index is 13.4. The van der Waals surface area contributed by atoms with Crippen molar-refractivity contribution in [3.8, 4) is 0 Å². The van der Waals surface area contributed by atoms with Gasteiger partial charge >= 0.3 is 16.0 Å². The van der Waals surface area contributed by atoms with E-state index < -0.39 is 83.5 Å². The van der Waals surface area contributed by atoms with E-state index >= 15 is 0 Å². The van der Waals surface area contributed by atoms with Crippen LogP contribution in [0, 0.1) is 0 Å². The first-order valence-electron chi connectivity index (χ1n) is 8.33. The third-order valence-corrected chi connectivity index (χ3v) is 4.42. The number of alkyl halides is 14. The number of hydrogen-bond donors (Lipinski definition) is 2. The Hall–Kier alpha value is -1.11. The van der Waals surface area contributed by atoms with Crippen LogP contribution in [0.3, 0.4) is 0 Å². The summed E-state index contributed by atoms with van der Waals surface area (Å²) in [5.41, 5.74) is -4.91. The molecule has 10 unspecified atom stereocenters. The molecule has 0 bridgehead atoms. The van der Waals surface area contributed by atoms with Gasteiger partial charge in [0, 0.05) is 0 Å². The van der Waals surface area contributed by atoms with Gasteiger partial charge in [0.2, 0.25) is 6.17 Å². The molecule has 10 atom stereocenters. The van der Waals surface area contributed by atoms with E-state index in [4.69, 9.17) is 4.55 Å². The monoisotopic (exact) mass is 547 g/mol. The quantitative estimate of drug-likeness (QED) is 0.287. The van der Waals surface area contributed by atoms with Crippen molar-refractivity contribution in [3.63, 3.8) is 0 Å². The van der Waals surface area contributed by atoms with Gasteiger partial charge in [-0.3, -0.25) is 4.55 Å². The second kappa shape index (κ2) is 13.7. The Kier molecular flexibility index (Phi) is 14.1. The molecule has 0 saturated heterocycles. The Morgan fingerprint density at radius 2 is 0.848 bits per heavy atom. The minimum atomic E-state index is -6.41. The van der Waals surface area contributed by atoms with Crippen LogP contribution in [0.1, 0.15) is 0 Å². The van der Waals surface area contributed by atoms with E-state index in [9.17, 15) is 69.9 Å². The molecule has 4 nitrogen and oxygen atoms in total. The van der Waals surface area contributed by atoms with Gasteiger partial charge in [0.1, 0.15) is 0 Å². The highest BCUT2D eigenvalue weighted by Crippen LogP contribution is 2.37. The molecule has 202 valence electrons. The van der Waals surface area contributed by atoms with Gasteiger partial charge in [-0.1, -0.05) is 0 Å². The zero-order valence-corrected chi connectivity index (χ0v) is 17.1. The summed E-state index contributed by atoms with van der Waals surface area (Å²) in [6.45, 7) is 0. The van der Waals surface area contributed by atoms with E-state index in [1.54, 1.807) is 0 Å². The average Bonchev–Trinajstić information content (AvgIpc) is 2.73. The van der Waals surface area contributed by atoms with Crippen LogP contribution < -0.4 is 5.32 Å². The molecule has 0 aliphatic rings. The van der Waals surface area contributed by atoms with E-state index in [0.717, 1.165) is 0 Å². The molecule has 0 aromatic carbocycles. The summed E-state index contributed by atoms with van der Waals surface area (Å²) in [5.74, 6) is -6.09. The van der Waals surface area contributed by atoms with Crippen LogP contribution in [-0.2, 0) is 10.1 Å². The van der Waals surface area contributed by atoms with Crippen molar-refractivity contribution < 1.29 is 74.4 Å². The van der Waals surface area contributed by atoms with Gasteiger partial charge in [-0.15, -0.1) is 0 Å². The Bertz CT molecular complexity index is 659. The van der Waals surface area contributed by atoms with E-state index in [1.807, 2.05) is 14.1 Å². The lowest BCUT2D eigenvalue weighted by Gasteiger charge is -2.29. The first-order valence-corrected chi connectivity index (χ1v) is 9.83. The van der Waals surface area contributed by atoms with E-state index in [2.05, 4.69) is 5.32 Å². The lowest BCUT2D eigenvalue weighted by molar-refractivity contribution is -0.145. The largest absolute Gasteiger partial charge is 0.328 e. The number of nitrogens with one attached hydrogen (secondary N) is 1. The molecular formula is C14H19F14NO3S. The third-order valence-electron chi connectivity index (χ3n) is 3.58. The maximum absolute atomic E-state index is 13.4. The van der Waals surface area contributed by atoms with E-state index in [0.29, 0.717) is 0 Å². The number of halogens is 14. The summed E-state index contributed by atoms with van der Waals surface area (Å²) in [6.07, 6.45) is -44.0. The van der Waals surface area contributed by atoms with Crippen molar-refractivity contribution in [2.75, 3.05) is 14.1 Å². The summed E-state index contributed by atoms with van der Waals surface area (Å²) < 4.78 is 210. The lowest BCUT2D eigenvalue weighted by atomic mass is 9.95. The van der Waals surface area contributed by atoms with Crippen molar-refractivity contribution in [2.24, 2.45) is 0 Å². The van der Waals surface area contributed by atoms with Crippen LogP contribution >= 0.6 is 0 Å². The van der Waals surface area contributed by atoms with Crippen LogP contribution in [0.5, 0.6) is 0 Å². The van der Waals surface area contributed by atoms with Gasteiger partial charge in [-0.05, 0) is 14.1 Å². The second-order valence-electron chi connectivity index (χ2n) is 6.30. The average molecular weight is 547 g/mol. The lowest BCUT2D eigenvalue weighted by Crippen LogP contribution is -2.54. The van der Waals surface area contributed by atoms with Gasteiger partial charge in [0.05, 0.1) is 0 Å². The maximum Gasteiger partial charge on any atom is 0.328 e. The molecular weight excluding hydrogens is 528 g/mol. The highest BCUT2D eigenvalue weighted by molar-refractivity contribution is 7.86. The van der Waals surface area contributed by atoms with Crippen molar-refractivity contribution in [1.29, 1.82) is 0 Å². The van der Waals surface area contributed by atoms with Gasteiger partial charge in [0.25, 0.3) is 11.9 Å². The minimum absolute atomic E-state index is 1.88. The summed E-state index contributed by atoms with van der Waals surface area (Å²) in [5, 5.41) is 2.75. The van der Waals surface area contributed by atoms with Crippen molar-refractivity contribution in [3.05, 3.63) is 0 Å². The Morgan fingerprint density at radius 1 is 0.606 bits per heavy atom. The number of rotatable bonds is 12. The predicted octanol–water partition coefficient (Wildman–Crippen LogP) is 3.95. The second-order valence-corrected chi connectivity index (χ2v) is 7.74. The van der Waals surface area contributed by atoms with Gasteiger partial charge in [-0.2, -0.15) is 17.2 Å². The third kappa shape index (κ3) is 9.22. The van der Waals surface area contributed by atoms with Crippen LogP contribution in [0.2, 0.25) is 0 Å². The molecule has 0 aliphatic carbocycles. The highest BCUT2D eigenvalue weighted by Gasteiger charge is 2.61.